The van der Waals surface area contributed by atoms with Gasteiger partial charge in [-0.2, -0.15) is 5.26 Å². The fourth-order valence-corrected chi connectivity index (χ4v) is 0.682. The van der Waals surface area contributed by atoms with Crippen LogP contribution in [0.5, 0.6) is 0 Å². The fourth-order valence-electron chi connectivity index (χ4n) is 0.682. The summed E-state index contributed by atoms with van der Waals surface area (Å²) in [5.41, 5.74) is 0.933. The highest BCUT2D eigenvalue weighted by molar-refractivity contribution is 5.19. The number of rotatable bonds is 0. The van der Waals surface area contributed by atoms with Crippen LogP contribution in [0, 0.1) is 16.7 Å². The first-order chi connectivity index (χ1) is 4.95. The van der Waals surface area contributed by atoms with Crippen LogP contribution in [0.2, 0.25) is 0 Å². The third kappa shape index (κ3) is 12.2. The van der Waals surface area contributed by atoms with Crippen molar-refractivity contribution in [1.82, 2.24) is 0 Å². The van der Waals surface area contributed by atoms with Crippen LogP contribution in [-0.2, 0) is 4.79 Å². The number of hydrogen-bond acceptors (Lipinski definition) is 2. The van der Waals surface area contributed by atoms with Crippen molar-refractivity contribution in [3.63, 3.8) is 0 Å². The minimum absolute atomic E-state index is 0.139. The van der Waals surface area contributed by atoms with E-state index >= 15 is 0 Å². The first-order valence-electron chi connectivity index (χ1n) is 3.34. The molecule has 0 atom stereocenters. The van der Waals surface area contributed by atoms with Gasteiger partial charge in [0.25, 0.3) is 0 Å². The molecular formula is C9H15NO. The van der Waals surface area contributed by atoms with Crippen molar-refractivity contribution >= 4 is 6.79 Å². The van der Waals surface area contributed by atoms with Crippen molar-refractivity contribution in [2.75, 3.05) is 0 Å². The molecule has 0 bridgehead atoms. The second-order valence-corrected chi connectivity index (χ2v) is 3.31. The molecule has 0 saturated carbocycles. The second kappa shape index (κ2) is 5.67. The Hall–Kier alpha value is -1.10. The summed E-state index contributed by atoms with van der Waals surface area (Å²) >= 11 is 0. The first kappa shape index (κ1) is 12.6. The smallest absolute Gasteiger partial charge is 0.106 e. The highest BCUT2D eigenvalue weighted by Gasteiger charge is 2.04. The van der Waals surface area contributed by atoms with Crippen LogP contribution in [-0.4, -0.2) is 6.79 Å². The van der Waals surface area contributed by atoms with Gasteiger partial charge in [0.2, 0.25) is 0 Å². The molecule has 0 aromatic rings. The zero-order valence-corrected chi connectivity index (χ0v) is 7.64. The summed E-state index contributed by atoms with van der Waals surface area (Å²) in [6.45, 7) is 10.1. The third-order valence-electron chi connectivity index (χ3n) is 0.826. The quantitative estimate of drug-likeness (QED) is 0.501. The average Bonchev–Trinajstić information content (AvgIpc) is 1.89. The Morgan fingerprint density at radius 1 is 1.45 bits per heavy atom. The van der Waals surface area contributed by atoms with E-state index < -0.39 is 0 Å². The maximum absolute atomic E-state index is 8.38. The van der Waals surface area contributed by atoms with Gasteiger partial charge in [0.1, 0.15) is 6.79 Å². The lowest BCUT2D eigenvalue weighted by molar-refractivity contribution is -0.0979. The van der Waals surface area contributed by atoms with E-state index in [1.807, 2.05) is 19.8 Å². The maximum Gasteiger partial charge on any atom is 0.106 e. The summed E-state index contributed by atoms with van der Waals surface area (Å²) in [5.74, 6) is 0. The monoisotopic (exact) mass is 153 g/mol. The van der Waals surface area contributed by atoms with Crippen LogP contribution >= 0.6 is 0 Å². The van der Waals surface area contributed by atoms with Gasteiger partial charge < -0.3 is 4.79 Å². The van der Waals surface area contributed by atoms with Crippen LogP contribution in [0.1, 0.15) is 27.7 Å². The maximum atomic E-state index is 8.38. The molecule has 0 radical (unpaired) electrons. The Kier molecular flexibility index (Phi) is 6.47. The Labute approximate surface area is 68.5 Å². The van der Waals surface area contributed by atoms with Crippen LogP contribution in [0.3, 0.4) is 0 Å². The summed E-state index contributed by atoms with van der Waals surface area (Å²) in [7, 11) is 0. The van der Waals surface area contributed by atoms with E-state index in [1.54, 1.807) is 0 Å². The average molecular weight is 153 g/mol. The topological polar surface area (TPSA) is 40.9 Å². The second-order valence-electron chi connectivity index (χ2n) is 3.31. The van der Waals surface area contributed by atoms with E-state index in [1.165, 1.54) is 0 Å². The van der Waals surface area contributed by atoms with Gasteiger partial charge in [0, 0.05) is 5.57 Å². The van der Waals surface area contributed by atoms with Gasteiger partial charge in [0.15, 0.2) is 0 Å². The fraction of sp³-hybridized carbons (Fsp3) is 0.556. The Morgan fingerprint density at radius 3 is 1.91 bits per heavy atom. The lowest BCUT2D eigenvalue weighted by Crippen LogP contribution is -1.99. The highest BCUT2D eigenvalue weighted by atomic mass is 16.1. The van der Waals surface area contributed by atoms with Crippen molar-refractivity contribution in [3.05, 3.63) is 11.6 Å². The molecular weight excluding hydrogens is 138 g/mol. The van der Waals surface area contributed by atoms with Gasteiger partial charge in [-0.25, -0.2) is 0 Å². The van der Waals surface area contributed by atoms with Gasteiger partial charge in [-0.3, -0.25) is 0 Å². The Balaban J connectivity index is 0. The van der Waals surface area contributed by atoms with Crippen molar-refractivity contribution in [2.24, 2.45) is 5.41 Å². The highest BCUT2D eigenvalue weighted by Crippen LogP contribution is 2.16. The predicted molar refractivity (Wildman–Crippen MR) is 45.9 cm³/mol. The zero-order chi connectivity index (χ0) is 9.49. The van der Waals surface area contributed by atoms with Crippen molar-refractivity contribution in [1.29, 1.82) is 5.26 Å². The first-order valence-corrected chi connectivity index (χ1v) is 3.34. The summed E-state index contributed by atoms with van der Waals surface area (Å²) in [6, 6.07) is 2.08. The molecule has 0 saturated heterocycles. The summed E-state index contributed by atoms with van der Waals surface area (Å²) in [6.07, 6.45) is 1.97. The molecule has 2 nitrogen and oxygen atoms in total. The molecule has 0 aliphatic carbocycles. The molecule has 11 heavy (non-hydrogen) atoms. The number of carbonyl (C=O) groups excluding carboxylic acids is 1. The van der Waals surface area contributed by atoms with Gasteiger partial charge in [0.05, 0.1) is 6.07 Å². The molecule has 0 unspecified atom stereocenters. The lowest BCUT2D eigenvalue weighted by Gasteiger charge is -2.10. The molecule has 0 rings (SSSR count). The van der Waals surface area contributed by atoms with E-state index in [2.05, 4.69) is 26.8 Å². The predicted octanol–water partition coefficient (Wildman–Crippen LogP) is 2.32. The van der Waals surface area contributed by atoms with E-state index in [-0.39, 0.29) is 5.41 Å². The molecule has 2 heteroatoms. The van der Waals surface area contributed by atoms with E-state index in [0.717, 1.165) is 5.57 Å². The number of hydrogen-bond donors (Lipinski definition) is 0. The largest absolute Gasteiger partial charge is 0.307 e. The molecule has 0 aliphatic heterocycles. The Bertz CT molecular complexity index is 169. The minimum atomic E-state index is 0.139. The lowest BCUT2D eigenvalue weighted by atomic mass is 9.94. The molecule has 0 aliphatic rings. The van der Waals surface area contributed by atoms with Crippen LogP contribution in [0.4, 0.5) is 0 Å². The molecule has 0 N–H and O–H groups in total. The minimum Gasteiger partial charge on any atom is -0.307 e. The van der Waals surface area contributed by atoms with Crippen LogP contribution < -0.4 is 0 Å². The summed E-state index contributed by atoms with van der Waals surface area (Å²) in [5, 5.41) is 8.38. The van der Waals surface area contributed by atoms with Gasteiger partial charge in [-0.1, -0.05) is 26.8 Å². The van der Waals surface area contributed by atoms with Crippen molar-refractivity contribution < 1.29 is 4.79 Å². The third-order valence-corrected chi connectivity index (χ3v) is 0.826. The molecule has 0 heterocycles. The molecule has 0 fully saturated rings. The normalized spacial score (nSPS) is 11.0. The molecule has 0 amide bonds. The van der Waals surface area contributed by atoms with E-state index in [0.29, 0.717) is 0 Å². The summed E-state index contributed by atoms with van der Waals surface area (Å²) in [4.78, 5) is 8.00. The molecule has 0 spiro atoms. The van der Waals surface area contributed by atoms with Crippen molar-refractivity contribution in [2.45, 2.75) is 27.7 Å². The standard InChI is InChI=1S/C8H13N.CH2O/c1-7(6-9)5-8(2,3)4;1-2/h5H,1-4H3;1H2/b7-5-;. The number of nitriles is 1. The van der Waals surface area contributed by atoms with Crippen molar-refractivity contribution in [3.8, 4) is 6.07 Å². The van der Waals surface area contributed by atoms with Crippen LogP contribution in [0.15, 0.2) is 11.6 Å². The molecule has 0 aromatic carbocycles. The number of allylic oxidation sites excluding steroid dienone is 2. The molecule has 62 valence electrons. The van der Waals surface area contributed by atoms with Gasteiger partial charge in [-0.05, 0) is 12.3 Å². The number of nitrogens with zero attached hydrogens (tertiary/aromatic N) is 1. The van der Waals surface area contributed by atoms with E-state index in [9.17, 15) is 0 Å². The Morgan fingerprint density at radius 2 is 1.82 bits per heavy atom. The van der Waals surface area contributed by atoms with E-state index in [4.69, 9.17) is 10.1 Å². The summed E-state index contributed by atoms with van der Waals surface area (Å²) < 4.78 is 0. The SMILES string of the molecule is C/C(C#N)=C/C(C)(C)C.C=O. The van der Waals surface area contributed by atoms with Gasteiger partial charge >= 0.3 is 0 Å². The number of carbonyl (C=O) groups is 1. The zero-order valence-electron chi connectivity index (χ0n) is 7.64. The van der Waals surface area contributed by atoms with Crippen LogP contribution in [0.25, 0.3) is 0 Å². The molecule has 0 aromatic heterocycles. The van der Waals surface area contributed by atoms with Gasteiger partial charge in [-0.15, -0.1) is 0 Å².